The lowest BCUT2D eigenvalue weighted by molar-refractivity contribution is 0.415. The molecule has 0 spiro atoms. The highest BCUT2D eigenvalue weighted by Crippen LogP contribution is 2.28. The minimum Gasteiger partial charge on any atom is -0.497 e. The lowest BCUT2D eigenvalue weighted by Crippen LogP contribution is -1.94. The summed E-state index contributed by atoms with van der Waals surface area (Å²) in [5.41, 5.74) is 2.50. The molecule has 0 bridgehead atoms. The second-order valence-electron chi connectivity index (χ2n) is 4.15. The molecule has 0 saturated heterocycles. The quantitative estimate of drug-likeness (QED) is 0.813. The minimum absolute atomic E-state index is 0.140. The predicted molar refractivity (Wildman–Crippen MR) is 76.2 cm³/mol. The van der Waals surface area contributed by atoms with Crippen LogP contribution in [0.2, 0.25) is 0 Å². The summed E-state index contributed by atoms with van der Waals surface area (Å²) in [6.07, 6.45) is 0. The van der Waals surface area contributed by atoms with Gasteiger partial charge in [-0.25, -0.2) is 8.42 Å². The molecule has 5 heteroatoms. The average Bonchev–Trinajstić information content (AvgIpc) is 2.37. The number of rotatable bonds is 3. The molecule has 0 radical (unpaired) electrons. The van der Waals surface area contributed by atoms with E-state index in [-0.39, 0.29) is 4.90 Å². The monoisotopic (exact) mass is 296 g/mol. The van der Waals surface area contributed by atoms with Gasteiger partial charge < -0.3 is 4.74 Å². The zero-order valence-electron chi connectivity index (χ0n) is 10.6. The maximum atomic E-state index is 11.3. The zero-order valence-corrected chi connectivity index (χ0v) is 12.1. The topological polar surface area (TPSA) is 43.4 Å². The fourth-order valence-corrected chi connectivity index (χ4v) is 3.10. The van der Waals surface area contributed by atoms with Gasteiger partial charge in [-0.05, 0) is 41.8 Å². The zero-order chi connectivity index (χ0) is 14.0. The number of benzene rings is 2. The van der Waals surface area contributed by atoms with Gasteiger partial charge in [-0.15, -0.1) is 0 Å². The molecular weight excluding hydrogens is 284 g/mol. The van der Waals surface area contributed by atoms with Crippen LogP contribution in [0, 0.1) is 6.92 Å². The summed E-state index contributed by atoms with van der Waals surface area (Å²) in [5, 5.41) is 0. The maximum absolute atomic E-state index is 11.3. The third-order valence-corrected chi connectivity index (χ3v) is 4.32. The Hall–Kier alpha value is -1.52. The van der Waals surface area contributed by atoms with Gasteiger partial charge in [-0.3, -0.25) is 0 Å². The summed E-state index contributed by atoms with van der Waals surface area (Å²) in [5.74, 6) is 0.754. The lowest BCUT2D eigenvalue weighted by atomic mass is 10.0. The lowest BCUT2D eigenvalue weighted by Gasteiger charge is -2.08. The van der Waals surface area contributed by atoms with Gasteiger partial charge in [0.1, 0.15) is 5.75 Å². The Morgan fingerprint density at radius 1 is 1.05 bits per heavy atom. The van der Waals surface area contributed by atoms with Gasteiger partial charge in [0.25, 0.3) is 9.05 Å². The Morgan fingerprint density at radius 3 is 2.32 bits per heavy atom. The van der Waals surface area contributed by atoms with Gasteiger partial charge in [-0.2, -0.15) is 0 Å². The molecule has 0 N–H and O–H groups in total. The molecular formula is C14H13ClO3S. The highest BCUT2D eigenvalue weighted by atomic mass is 35.7. The Balaban J connectivity index is 2.50. The Bertz CT molecular complexity index is 708. The van der Waals surface area contributed by atoms with Crippen molar-refractivity contribution in [1.82, 2.24) is 0 Å². The Labute approximate surface area is 117 Å². The molecule has 0 aliphatic heterocycles. The number of ether oxygens (including phenoxy) is 1. The maximum Gasteiger partial charge on any atom is 0.261 e. The summed E-state index contributed by atoms with van der Waals surface area (Å²) in [6, 6.07) is 12.6. The van der Waals surface area contributed by atoms with Gasteiger partial charge in [-0.1, -0.05) is 24.3 Å². The van der Waals surface area contributed by atoms with Crippen LogP contribution in [0.4, 0.5) is 0 Å². The van der Waals surface area contributed by atoms with Crippen LogP contribution in [-0.2, 0) is 9.05 Å². The van der Waals surface area contributed by atoms with Crippen LogP contribution in [0.5, 0.6) is 5.75 Å². The summed E-state index contributed by atoms with van der Waals surface area (Å²) in [7, 11) is 3.27. The molecule has 0 saturated carbocycles. The number of aryl methyl sites for hydroxylation is 1. The van der Waals surface area contributed by atoms with Crippen molar-refractivity contribution in [2.45, 2.75) is 11.8 Å². The summed E-state index contributed by atoms with van der Waals surface area (Å²) in [4.78, 5) is 0.140. The van der Waals surface area contributed by atoms with Gasteiger partial charge in [0.15, 0.2) is 0 Å². The smallest absolute Gasteiger partial charge is 0.261 e. The first-order valence-electron chi connectivity index (χ1n) is 5.61. The number of halogens is 1. The molecule has 2 aromatic rings. The van der Waals surface area contributed by atoms with Crippen molar-refractivity contribution in [2.75, 3.05) is 7.11 Å². The fraction of sp³-hybridized carbons (Fsp3) is 0.143. The third kappa shape index (κ3) is 3.08. The van der Waals surface area contributed by atoms with Crippen LogP contribution in [0.15, 0.2) is 47.4 Å². The van der Waals surface area contributed by atoms with Crippen LogP contribution in [0.3, 0.4) is 0 Å². The molecule has 0 aromatic heterocycles. The molecule has 2 aromatic carbocycles. The number of hydrogen-bond acceptors (Lipinski definition) is 3. The minimum atomic E-state index is -3.70. The molecule has 100 valence electrons. The first kappa shape index (κ1) is 13.9. The summed E-state index contributed by atoms with van der Waals surface area (Å²) >= 11 is 0. The molecule has 0 heterocycles. The van der Waals surface area contributed by atoms with Crippen LogP contribution >= 0.6 is 10.7 Å². The van der Waals surface area contributed by atoms with E-state index < -0.39 is 9.05 Å². The van der Waals surface area contributed by atoms with E-state index in [1.165, 1.54) is 6.07 Å². The number of methoxy groups -OCH3 is 1. The van der Waals surface area contributed by atoms with E-state index in [2.05, 4.69) is 0 Å². The molecule has 2 rings (SSSR count). The van der Waals surface area contributed by atoms with Crippen molar-refractivity contribution >= 4 is 19.7 Å². The van der Waals surface area contributed by atoms with Crippen molar-refractivity contribution in [2.24, 2.45) is 0 Å². The van der Waals surface area contributed by atoms with Crippen LogP contribution in [-0.4, -0.2) is 15.5 Å². The van der Waals surface area contributed by atoms with Crippen molar-refractivity contribution in [3.8, 4) is 16.9 Å². The van der Waals surface area contributed by atoms with Crippen molar-refractivity contribution in [1.29, 1.82) is 0 Å². The van der Waals surface area contributed by atoms with Crippen LogP contribution in [0.25, 0.3) is 11.1 Å². The molecule has 0 amide bonds. The van der Waals surface area contributed by atoms with E-state index in [1.54, 1.807) is 26.2 Å². The predicted octanol–water partition coefficient (Wildman–Crippen LogP) is 3.60. The van der Waals surface area contributed by atoms with Gasteiger partial charge in [0.2, 0.25) is 0 Å². The van der Waals surface area contributed by atoms with Crippen molar-refractivity contribution in [3.63, 3.8) is 0 Å². The van der Waals surface area contributed by atoms with Crippen molar-refractivity contribution < 1.29 is 13.2 Å². The molecule has 0 aliphatic carbocycles. The highest BCUT2D eigenvalue weighted by molar-refractivity contribution is 8.13. The second-order valence-corrected chi connectivity index (χ2v) is 6.68. The largest absolute Gasteiger partial charge is 0.497 e. The van der Waals surface area contributed by atoms with E-state index in [0.717, 1.165) is 16.9 Å². The molecule has 19 heavy (non-hydrogen) atoms. The molecule has 0 atom stereocenters. The van der Waals surface area contributed by atoms with E-state index in [1.807, 2.05) is 24.3 Å². The first-order chi connectivity index (χ1) is 8.91. The normalized spacial score (nSPS) is 11.3. The fourth-order valence-electron chi connectivity index (χ4n) is 1.91. The first-order valence-corrected chi connectivity index (χ1v) is 7.92. The molecule has 0 unspecified atom stereocenters. The SMILES string of the molecule is COc1cccc(-c2ccc(S(=O)(=O)Cl)c(C)c2)c1. The summed E-state index contributed by atoms with van der Waals surface area (Å²) < 4.78 is 27.9. The molecule has 3 nitrogen and oxygen atoms in total. The Kier molecular flexibility index (Phi) is 3.83. The summed E-state index contributed by atoms with van der Waals surface area (Å²) in [6.45, 7) is 1.72. The van der Waals surface area contributed by atoms with Crippen LogP contribution < -0.4 is 4.74 Å². The Morgan fingerprint density at radius 2 is 1.74 bits per heavy atom. The van der Waals surface area contributed by atoms with Crippen LogP contribution in [0.1, 0.15) is 5.56 Å². The molecule has 0 fully saturated rings. The van der Waals surface area contributed by atoms with E-state index >= 15 is 0 Å². The van der Waals surface area contributed by atoms with Crippen molar-refractivity contribution in [3.05, 3.63) is 48.0 Å². The third-order valence-electron chi connectivity index (χ3n) is 2.84. The van der Waals surface area contributed by atoms with E-state index in [9.17, 15) is 8.42 Å². The van der Waals surface area contributed by atoms with Gasteiger partial charge in [0.05, 0.1) is 12.0 Å². The van der Waals surface area contributed by atoms with E-state index in [0.29, 0.717) is 5.56 Å². The standard InChI is InChI=1S/C14H13ClO3S/c1-10-8-12(6-7-14(10)19(15,16)17)11-4-3-5-13(9-11)18-2/h3-9H,1-2H3. The van der Waals surface area contributed by atoms with E-state index in [4.69, 9.17) is 15.4 Å². The average molecular weight is 297 g/mol. The van der Waals surface area contributed by atoms with Gasteiger partial charge >= 0.3 is 0 Å². The molecule has 0 aliphatic rings. The number of hydrogen-bond donors (Lipinski definition) is 0. The second kappa shape index (κ2) is 5.23. The van der Waals surface area contributed by atoms with Gasteiger partial charge in [0, 0.05) is 10.7 Å². The highest BCUT2D eigenvalue weighted by Gasteiger charge is 2.13.